The van der Waals surface area contributed by atoms with Crippen molar-refractivity contribution in [3.8, 4) is 22.6 Å². The van der Waals surface area contributed by atoms with Crippen LogP contribution in [0.3, 0.4) is 0 Å². The molecule has 9 aromatic rings. The third-order valence-electron chi connectivity index (χ3n) is 15.2. The zero-order valence-corrected chi connectivity index (χ0v) is 36.8. The molecular formula is C61H46BN3O. The Hall–Kier alpha value is -7.76. The second-order valence-corrected chi connectivity index (χ2v) is 19.1. The van der Waals surface area contributed by atoms with Crippen molar-refractivity contribution < 1.29 is 4.74 Å². The highest BCUT2D eigenvalue weighted by atomic mass is 16.5. The van der Waals surface area contributed by atoms with E-state index >= 15 is 0 Å². The summed E-state index contributed by atoms with van der Waals surface area (Å²) in [5.74, 6) is 3.47. The fraction of sp³-hybridized carbons (Fsp3) is 0.115. The van der Waals surface area contributed by atoms with E-state index in [0.29, 0.717) is 0 Å². The summed E-state index contributed by atoms with van der Waals surface area (Å²) in [6, 6.07) is 73.5. The molecule has 5 heteroatoms. The normalized spacial score (nSPS) is 19.1. The second-order valence-electron chi connectivity index (χ2n) is 19.1. The van der Waals surface area contributed by atoms with Gasteiger partial charge in [0.1, 0.15) is 11.5 Å². The Morgan fingerprint density at radius 1 is 0.545 bits per heavy atom. The molecule has 0 radical (unpaired) electrons. The first kappa shape index (κ1) is 37.6. The van der Waals surface area contributed by atoms with Crippen molar-refractivity contribution in [2.75, 3.05) is 14.7 Å². The van der Waals surface area contributed by atoms with Crippen LogP contribution in [0.4, 0.5) is 51.2 Å². The first-order chi connectivity index (χ1) is 32.6. The quantitative estimate of drug-likeness (QED) is 0.123. The Balaban J connectivity index is 1.02. The zero-order chi connectivity index (χ0) is 43.5. The first-order valence-electron chi connectivity index (χ1n) is 23.6. The largest absolute Gasteiger partial charge is 0.458 e. The van der Waals surface area contributed by atoms with Gasteiger partial charge in [-0.25, -0.2) is 0 Å². The van der Waals surface area contributed by atoms with Crippen LogP contribution in [0.5, 0.6) is 11.5 Å². The molecule has 3 unspecified atom stereocenters. The van der Waals surface area contributed by atoms with Crippen LogP contribution in [-0.4, -0.2) is 6.71 Å². The summed E-state index contributed by atoms with van der Waals surface area (Å²) in [4.78, 5) is 7.36. The van der Waals surface area contributed by atoms with Gasteiger partial charge in [-0.2, -0.15) is 0 Å². The van der Waals surface area contributed by atoms with Gasteiger partial charge in [-0.1, -0.05) is 128 Å². The molecule has 0 aromatic heterocycles. The predicted octanol–water partition coefficient (Wildman–Crippen LogP) is 14.4. The number of fused-ring (bicyclic) bond motifs is 7. The highest BCUT2D eigenvalue weighted by Gasteiger charge is 2.47. The maximum Gasteiger partial charge on any atom is 0.256 e. The van der Waals surface area contributed by atoms with E-state index in [4.69, 9.17) is 4.74 Å². The minimum Gasteiger partial charge on any atom is -0.458 e. The van der Waals surface area contributed by atoms with E-state index in [-0.39, 0.29) is 12.1 Å². The van der Waals surface area contributed by atoms with Crippen molar-refractivity contribution in [3.63, 3.8) is 0 Å². The highest BCUT2D eigenvalue weighted by molar-refractivity contribution is 6.99. The summed E-state index contributed by atoms with van der Waals surface area (Å²) < 4.78 is 7.46. The zero-order valence-electron chi connectivity index (χ0n) is 36.8. The molecular weight excluding hydrogens is 802 g/mol. The van der Waals surface area contributed by atoms with Crippen molar-refractivity contribution in [1.82, 2.24) is 0 Å². The second kappa shape index (κ2) is 14.4. The summed E-state index contributed by atoms with van der Waals surface area (Å²) in [7, 11) is 0. The lowest BCUT2D eigenvalue weighted by atomic mass is 9.34. The van der Waals surface area contributed by atoms with Crippen molar-refractivity contribution in [3.05, 3.63) is 218 Å². The fourth-order valence-corrected chi connectivity index (χ4v) is 12.0. The molecule has 1 fully saturated rings. The smallest absolute Gasteiger partial charge is 0.256 e. The van der Waals surface area contributed by atoms with Gasteiger partial charge < -0.3 is 19.4 Å². The van der Waals surface area contributed by atoms with Gasteiger partial charge in [-0.3, -0.25) is 0 Å². The molecule has 1 saturated carbocycles. The van der Waals surface area contributed by atoms with Crippen molar-refractivity contribution in [2.24, 2.45) is 11.8 Å². The summed E-state index contributed by atoms with van der Waals surface area (Å²) >= 11 is 0. The van der Waals surface area contributed by atoms with Crippen LogP contribution in [-0.2, 0) is 5.41 Å². The van der Waals surface area contributed by atoms with Gasteiger partial charge in [-0.05, 0) is 150 Å². The number of rotatable bonds is 6. The van der Waals surface area contributed by atoms with Crippen LogP contribution in [0.2, 0.25) is 0 Å². The Morgan fingerprint density at radius 3 is 1.92 bits per heavy atom. The fourth-order valence-electron chi connectivity index (χ4n) is 12.0. The lowest BCUT2D eigenvalue weighted by Gasteiger charge is -2.42. The van der Waals surface area contributed by atoms with Gasteiger partial charge in [0.15, 0.2) is 0 Å². The van der Waals surface area contributed by atoms with Gasteiger partial charge >= 0.3 is 0 Å². The topological polar surface area (TPSA) is 19.0 Å². The van der Waals surface area contributed by atoms with Crippen LogP contribution >= 0.6 is 0 Å². The van der Waals surface area contributed by atoms with E-state index in [9.17, 15) is 0 Å². The molecule has 0 spiro atoms. The number of nitrogens with zero attached hydrogens (tertiary/aromatic N) is 3. The standard InChI is InChI=1S/C61H46BN3O/c1-61(33-17-18-40-34-41(40)39-61)42-35-56-60-58(36-42)66-57-37-49-47-31-32-52(63(43-19-6-2-7-20-43)44-21-8-3-9-22-44)48-27-16-30-54(59(47)48)65(46-25-12-5-13-26-46)55(49)38-51(57)62(60)50-28-14-15-29-53(50)64(56)45-23-10-4-11-24-45/h2-17,19-33,35-38,40-41H,18,34,39H2,1H3. The number of hydrogen-bond acceptors (Lipinski definition) is 4. The molecule has 66 heavy (non-hydrogen) atoms. The Kier molecular flexibility index (Phi) is 8.19. The molecule has 4 nitrogen and oxygen atoms in total. The number of allylic oxidation sites excluding steroid dienone is 2. The molecule has 3 atom stereocenters. The first-order valence-corrected chi connectivity index (χ1v) is 23.6. The number of benzene rings is 9. The molecule has 314 valence electrons. The van der Waals surface area contributed by atoms with Gasteiger partial charge in [-0.15, -0.1) is 0 Å². The average molecular weight is 848 g/mol. The maximum atomic E-state index is 7.46. The van der Waals surface area contributed by atoms with Crippen LogP contribution < -0.4 is 35.8 Å². The van der Waals surface area contributed by atoms with Crippen LogP contribution in [0.1, 0.15) is 31.7 Å². The molecule has 9 aromatic carbocycles. The lowest BCUT2D eigenvalue weighted by molar-refractivity contribution is 0.472. The minimum absolute atomic E-state index is 0.0398. The summed E-state index contributed by atoms with van der Waals surface area (Å²) in [6.07, 6.45) is 8.65. The number of hydrogen-bond donors (Lipinski definition) is 0. The molecule has 3 heterocycles. The number of ether oxygens (including phenoxy) is 1. The van der Waals surface area contributed by atoms with E-state index in [1.807, 2.05) is 0 Å². The SMILES string of the molecule is CC1(c2cc3c4c(c2)N(c2ccccc2)c2ccccc2B4c2cc4c(cc2O3)-c2ccc(N(c3ccccc3)c3ccccc3)c3cccc(c23)N4c2ccccc2)C=CCC2CC2C1. The van der Waals surface area contributed by atoms with Gasteiger partial charge in [0.05, 0.1) is 17.1 Å². The molecule has 14 rings (SSSR count). The van der Waals surface area contributed by atoms with E-state index in [0.717, 1.165) is 75.1 Å². The molecule has 0 N–H and O–H groups in total. The lowest BCUT2D eigenvalue weighted by Crippen LogP contribution is -2.59. The summed E-state index contributed by atoms with van der Waals surface area (Å²) in [5.41, 5.74) is 17.6. The van der Waals surface area contributed by atoms with E-state index in [1.54, 1.807) is 0 Å². The average Bonchev–Trinajstić information content (AvgIpc) is 4.13. The van der Waals surface area contributed by atoms with Crippen LogP contribution in [0.25, 0.3) is 21.9 Å². The third kappa shape index (κ3) is 5.65. The van der Waals surface area contributed by atoms with Gasteiger partial charge in [0, 0.05) is 55.9 Å². The van der Waals surface area contributed by atoms with E-state index < -0.39 is 0 Å². The number of anilines is 9. The van der Waals surface area contributed by atoms with Gasteiger partial charge in [0.25, 0.3) is 6.71 Å². The summed E-state index contributed by atoms with van der Waals surface area (Å²) in [6.45, 7) is 2.41. The molecule has 0 amide bonds. The number of para-hydroxylation sites is 5. The molecule has 3 aliphatic heterocycles. The van der Waals surface area contributed by atoms with Crippen LogP contribution in [0.15, 0.2) is 212 Å². The van der Waals surface area contributed by atoms with Gasteiger partial charge in [0.2, 0.25) is 0 Å². The Labute approximate surface area is 386 Å². The molecule has 5 aliphatic rings. The molecule has 2 aliphatic carbocycles. The monoisotopic (exact) mass is 847 g/mol. The molecule has 0 saturated heterocycles. The third-order valence-corrected chi connectivity index (χ3v) is 15.2. The van der Waals surface area contributed by atoms with E-state index in [2.05, 4.69) is 234 Å². The van der Waals surface area contributed by atoms with Crippen molar-refractivity contribution in [1.29, 1.82) is 0 Å². The Morgan fingerprint density at radius 2 is 1.20 bits per heavy atom. The van der Waals surface area contributed by atoms with Crippen molar-refractivity contribution in [2.45, 2.75) is 31.6 Å². The predicted molar refractivity (Wildman–Crippen MR) is 275 cm³/mol. The Bertz CT molecular complexity index is 3390. The van der Waals surface area contributed by atoms with Crippen molar-refractivity contribution >= 4 is 85.1 Å². The summed E-state index contributed by atoms with van der Waals surface area (Å²) in [5, 5.41) is 2.41. The van der Waals surface area contributed by atoms with Crippen LogP contribution in [0, 0.1) is 11.8 Å². The highest BCUT2D eigenvalue weighted by Crippen LogP contribution is 2.56. The minimum atomic E-state index is -0.101. The maximum absolute atomic E-state index is 7.46. The molecule has 0 bridgehead atoms. The van der Waals surface area contributed by atoms with E-state index in [1.165, 1.54) is 62.5 Å².